The summed E-state index contributed by atoms with van der Waals surface area (Å²) in [6, 6.07) is 3.96. The number of rotatable bonds is 3. The molecule has 3 amide bonds. The first-order valence-corrected chi connectivity index (χ1v) is 6.03. The van der Waals surface area contributed by atoms with Crippen LogP contribution in [0.4, 0.5) is 10.5 Å². The second-order valence-electron chi connectivity index (χ2n) is 3.24. The standard InChI is InChI=1S/C11H8BrClN2O4/c12-6-1-2-8(7(13)5-6)14-11(19)15-9(16)3-4-10(17)18/h1-5H,(H,17,18)(H2,14,15,16,19)/b4-3+. The van der Waals surface area contributed by atoms with Crippen molar-refractivity contribution in [3.63, 3.8) is 0 Å². The van der Waals surface area contributed by atoms with Crippen LogP contribution in [0.5, 0.6) is 0 Å². The van der Waals surface area contributed by atoms with E-state index in [1.54, 1.807) is 18.2 Å². The third-order valence-corrected chi connectivity index (χ3v) is 2.60. The van der Waals surface area contributed by atoms with Gasteiger partial charge in [0, 0.05) is 16.6 Å². The lowest BCUT2D eigenvalue weighted by Crippen LogP contribution is -2.33. The van der Waals surface area contributed by atoms with Gasteiger partial charge in [-0.2, -0.15) is 0 Å². The van der Waals surface area contributed by atoms with E-state index in [1.807, 2.05) is 5.32 Å². The Hall–Kier alpha value is -1.86. The van der Waals surface area contributed by atoms with Gasteiger partial charge in [-0.3, -0.25) is 10.1 Å². The molecule has 0 saturated heterocycles. The van der Waals surface area contributed by atoms with Gasteiger partial charge < -0.3 is 10.4 Å². The highest BCUT2D eigenvalue weighted by molar-refractivity contribution is 9.10. The van der Waals surface area contributed by atoms with Crippen molar-refractivity contribution in [2.45, 2.75) is 0 Å². The summed E-state index contributed by atoms with van der Waals surface area (Å²) in [4.78, 5) is 32.7. The van der Waals surface area contributed by atoms with E-state index in [0.29, 0.717) is 11.8 Å². The summed E-state index contributed by atoms with van der Waals surface area (Å²) >= 11 is 9.07. The maximum atomic E-state index is 11.4. The molecule has 3 N–H and O–H groups in total. The number of aliphatic carboxylic acids is 1. The van der Waals surface area contributed by atoms with Crippen molar-refractivity contribution in [3.8, 4) is 0 Å². The van der Waals surface area contributed by atoms with Gasteiger partial charge in [0.1, 0.15) is 0 Å². The van der Waals surface area contributed by atoms with Gasteiger partial charge in [0.2, 0.25) is 0 Å². The molecule has 0 fully saturated rings. The quantitative estimate of drug-likeness (QED) is 0.732. The summed E-state index contributed by atoms with van der Waals surface area (Å²) in [5.74, 6) is -2.14. The molecule has 0 atom stereocenters. The summed E-state index contributed by atoms with van der Waals surface area (Å²) in [6.07, 6.45) is 1.35. The number of anilines is 1. The largest absolute Gasteiger partial charge is 0.478 e. The van der Waals surface area contributed by atoms with Crippen molar-refractivity contribution < 1.29 is 19.5 Å². The predicted molar refractivity (Wildman–Crippen MR) is 73.1 cm³/mol. The third-order valence-electron chi connectivity index (χ3n) is 1.79. The first kappa shape index (κ1) is 15.2. The Morgan fingerprint density at radius 2 is 1.95 bits per heavy atom. The number of nitrogens with one attached hydrogen (secondary N) is 2. The topological polar surface area (TPSA) is 95.5 Å². The zero-order chi connectivity index (χ0) is 14.4. The second kappa shape index (κ2) is 6.91. The fourth-order valence-electron chi connectivity index (χ4n) is 1.04. The molecule has 1 rings (SSSR count). The van der Waals surface area contributed by atoms with Gasteiger partial charge in [-0.15, -0.1) is 0 Å². The van der Waals surface area contributed by atoms with Crippen LogP contribution in [0.15, 0.2) is 34.8 Å². The number of hydrogen-bond acceptors (Lipinski definition) is 3. The van der Waals surface area contributed by atoms with E-state index in [1.165, 1.54) is 0 Å². The monoisotopic (exact) mass is 346 g/mol. The molecule has 100 valence electrons. The number of halogens is 2. The fourth-order valence-corrected chi connectivity index (χ4v) is 1.77. The molecular weight excluding hydrogens is 339 g/mol. The Morgan fingerprint density at radius 3 is 2.53 bits per heavy atom. The highest BCUT2D eigenvalue weighted by atomic mass is 79.9. The third kappa shape index (κ3) is 5.54. The normalized spacial score (nSPS) is 10.2. The first-order chi connectivity index (χ1) is 8.88. The van der Waals surface area contributed by atoms with E-state index in [0.717, 1.165) is 10.5 Å². The van der Waals surface area contributed by atoms with E-state index in [9.17, 15) is 14.4 Å². The molecule has 6 nitrogen and oxygen atoms in total. The molecule has 0 saturated carbocycles. The number of carboxylic acids is 1. The average molecular weight is 348 g/mol. The zero-order valence-corrected chi connectivity index (χ0v) is 11.7. The minimum absolute atomic E-state index is 0.290. The van der Waals surface area contributed by atoms with Crippen molar-refractivity contribution in [3.05, 3.63) is 39.8 Å². The molecule has 0 radical (unpaired) electrons. The smallest absolute Gasteiger partial charge is 0.328 e. The number of amides is 3. The van der Waals surface area contributed by atoms with Gasteiger partial charge >= 0.3 is 12.0 Å². The average Bonchev–Trinajstić information content (AvgIpc) is 2.30. The number of carboxylic acid groups (broad SMARTS) is 1. The molecule has 0 aliphatic carbocycles. The van der Waals surface area contributed by atoms with Crippen LogP contribution in [0.2, 0.25) is 5.02 Å². The van der Waals surface area contributed by atoms with Gasteiger partial charge in [-0.25, -0.2) is 9.59 Å². The molecular formula is C11H8BrClN2O4. The van der Waals surface area contributed by atoms with Crippen molar-refractivity contribution >= 4 is 51.1 Å². The molecule has 0 aliphatic heterocycles. The molecule has 0 unspecified atom stereocenters. The minimum Gasteiger partial charge on any atom is -0.478 e. The first-order valence-electron chi connectivity index (χ1n) is 4.86. The van der Waals surface area contributed by atoms with Gasteiger partial charge in [0.15, 0.2) is 0 Å². The van der Waals surface area contributed by atoms with E-state index >= 15 is 0 Å². The van der Waals surface area contributed by atoms with Crippen LogP contribution in [0.3, 0.4) is 0 Å². The van der Waals surface area contributed by atoms with Crippen LogP contribution in [0.1, 0.15) is 0 Å². The van der Waals surface area contributed by atoms with Crippen LogP contribution in [-0.2, 0) is 9.59 Å². The Balaban J connectivity index is 2.60. The highest BCUT2D eigenvalue weighted by Crippen LogP contribution is 2.25. The molecule has 0 heterocycles. The molecule has 0 aromatic heterocycles. The number of carbonyl (C=O) groups is 3. The predicted octanol–water partition coefficient (Wildman–Crippen LogP) is 2.39. The van der Waals surface area contributed by atoms with E-state index in [2.05, 4.69) is 21.2 Å². The lowest BCUT2D eigenvalue weighted by Gasteiger charge is -2.07. The van der Waals surface area contributed by atoms with E-state index in [4.69, 9.17) is 16.7 Å². The maximum absolute atomic E-state index is 11.4. The molecule has 19 heavy (non-hydrogen) atoms. The van der Waals surface area contributed by atoms with Crippen molar-refractivity contribution in [2.75, 3.05) is 5.32 Å². The molecule has 1 aromatic carbocycles. The lowest BCUT2D eigenvalue weighted by atomic mass is 10.3. The van der Waals surface area contributed by atoms with E-state index in [-0.39, 0.29) is 5.02 Å². The Morgan fingerprint density at radius 1 is 1.26 bits per heavy atom. The highest BCUT2D eigenvalue weighted by Gasteiger charge is 2.08. The molecule has 8 heteroatoms. The number of hydrogen-bond donors (Lipinski definition) is 3. The van der Waals surface area contributed by atoms with Crippen molar-refractivity contribution in [1.29, 1.82) is 0 Å². The summed E-state index contributed by atoms with van der Waals surface area (Å²) in [5.41, 5.74) is 0.317. The van der Waals surface area contributed by atoms with Crippen molar-refractivity contribution in [2.24, 2.45) is 0 Å². The SMILES string of the molecule is O=C(O)/C=C/C(=O)NC(=O)Nc1ccc(Br)cc1Cl. The minimum atomic E-state index is -1.29. The maximum Gasteiger partial charge on any atom is 0.328 e. The molecule has 0 aliphatic rings. The van der Waals surface area contributed by atoms with Gasteiger partial charge in [0.05, 0.1) is 10.7 Å². The fraction of sp³-hybridized carbons (Fsp3) is 0. The van der Waals surface area contributed by atoms with Gasteiger partial charge in [-0.05, 0) is 18.2 Å². The Kier molecular flexibility index (Phi) is 5.53. The molecule has 0 bridgehead atoms. The zero-order valence-electron chi connectivity index (χ0n) is 9.31. The van der Waals surface area contributed by atoms with Crippen LogP contribution in [0.25, 0.3) is 0 Å². The summed E-state index contributed by atoms with van der Waals surface area (Å²) in [7, 11) is 0. The van der Waals surface area contributed by atoms with Gasteiger partial charge in [-0.1, -0.05) is 27.5 Å². The van der Waals surface area contributed by atoms with Crippen molar-refractivity contribution in [1.82, 2.24) is 5.32 Å². The Labute approximate surface area is 121 Å². The van der Waals surface area contributed by atoms with Crippen LogP contribution >= 0.6 is 27.5 Å². The lowest BCUT2D eigenvalue weighted by molar-refractivity contribution is -0.131. The number of benzene rings is 1. The number of imide groups is 1. The van der Waals surface area contributed by atoms with Gasteiger partial charge in [0.25, 0.3) is 5.91 Å². The summed E-state index contributed by atoms with van der Waals surface area (Å²) in [5, 5.41) is 12.9. The number of carbonyl (C=O) groups excluding carboxylic acids is 2. The van der Waals surface area contributed by atoms with Crippen LogP contribution in [0, 0.1) is 0 Å². The molecule has 1 aromatic rings. The second-order valence-corrected chi connectivity index (χ2v) is 4.56. The van der Waals surface area contributed by atoms with Crippen LogP contribution < -0.4 is 10.6 Å². The number of urea groups is 1. The summed E-state index contributed by atoms with van der Waals surface area (Å²) in [6.45, 7) is 0. The summed E-state index contributed by atoms with van der Waals surface area (Å²) < 4.78 is 0.740. The van der Waals surface area contributed by atoms with E-state index < -0.39 is 17.9 Å². The Bertz CT molecular complexity index is 560. The molecule has 0 spiro atoms. The van der Waals surface area contributed by atoms with Crippen LogP contribution in [-0.4, -0.2) is 23.0 Å².